The van der Waals surface area contributed by atoms with E-state index >= 15 is 0 Å². The minimum atomic E-state index is -0.107. The Kier molecular flexibility index (Phi) is 2.84. The minimum Gasteiger partial charge on any atom is -0.328 e. The molecule has 0 radical (unpaired) electrons. The molecule has 2 aromatic rings. The summed E-state index contributed by atoms with van der Waals surface area (Å²) < 4.78 is 2.05. The molecule has 2 aromatic heterocycles. The van der Waals surface area contributed by atoms with E-state index < -0.39 is 0 Å². The van der Waals surface area contributed by atoms with Crippen LogP contribution in [0.5, 0.6) is 0 Å². The number of hydrogen-bond acceptors (Lipinski definition) is 3. The SMILES string of the molecule is NC1CCC(N)(Cc2cccn3ccnc23)CC1. The summed E-state index contributed by atoms with van der Waals surface area (Å²) in [5.74, 6) is 0. The molecule has 4 nitrogen and oxygen atoms in total. The Labute approximate surface area is 107 Å². The van der Waals surface area contributed by atoms with Crippen molar-refractivity contribution in [2.75, 3.05) is 0 Å². The van der Waals surface area contributed by atoms with Gasteiger partial charge in [0.15, 0.2) is 0 Å². The third-order valence-electron chi connectivity index (χ3n) is 4.07. The zero-order chi connectivity index (χ0) is 12.6. The van der Waals surface area contributed by atoms with Crippen LogP contribution in [0.2, 0.25) is 0 Å². The van der Waals surface area contributed by atoms with Crippen molar-refractivity contribution in [3.8, 4) is 0 Å². The lowest BCUT2D eigenvalue weighted by Crippen LogP contribution is -2.47. The van der Waals surface area contributed by atoms with Gasteiger partial charge in [0, 0.05) is 30.2 Å². The van der Waals surface area contributed by atoms with Crippen LogP contribution >= 0.6 is 0 Å². The molecule has 0 aromatic carbocycles. The Balaban J connectivity index is 1.85. The maximum Gasteiger partial charge on any atom is 0.139 e. The lowest BCUT2D eigenvalue weighted by atomic mass is 9.77. The lowest BCUT2D eigenvalue weighted by Gasteiger charge is -2.36. The Morgan fingerprint density at radius 1 is 1.33 bits per heavy atom. The molecule has 0 spiro atoms. The van der Waals surface area contributed by atoms with Gasteiger partial charge in [0.05, 0.1) is 0 Å². The smallest absolute Gasteiger partial charge is 0.139 e. The maximum atomic E-state index is 6.52. The number of aromatic nitrogens is 2. The number of nitrogens with two attached hydrogens (primary N) is 2. The van der Waals surface area contributed by atoms with Crippen molar-refractivity contribution >= 4 is 5.65 Å². The molecule has 0 bridgehead atoms. The second kappa shape index (κ2) is 4.37. The largest absolute Gasteiger partial charge is 0.328 e. The molecule has 18 heavy (non-hydrogen) atoms. The highest BCUT2D eigenvalue weighted by atomic mass is 15.0. The number of imidazole rings is 1. The number of fused-ring (bicyclic) bond motifs is 1. The van der Waals surface area contributed by atoms with Gasteiger partial charge in [-0.15, -0.1) is 0 Å². The van der Waals surface area contributed by atoms with E-state index in [1.54, 1.807) is 0 Å². The average molecular weight is 244 g/mol. The molecule has 1 fully saturated rings. The fourth-order valence-electron chi connectivity index (χ4n) is 2.92. The van der Waals surface area contributed by atoms with E-state index in [1.165, 1.54) is 5.56 Å². The average Bonchev–Trinajstić information content (AvgIpc) is 2.83. The van der Waals surface area contributed by atoms with Crippen LogP contribution in [-0.4, -0.2) is 21.0 Å². The van der Waals surface area contributed by atoms with Gasteiger partial charge in [0.25, 0.3) is 0 Å². The van der Waals surface area contributed by atoms with E-state index in [1.807, 2.05) is 23.0 Å². The van der Waals surface area contributed by atoms with Gasteiger partial charge in [-0.25, -0.2) is 4.98 Å². The van der Waals surface area contributed by atoms with Gasteiger partial charge in [-0.3, -0.25) is 0 Å². The number of pyridine rings is 1. The van der Waals surface area contributed by atoms with E-state index in [0.717, 1.165) is 37.8 Å². The van der Waals surface area contributed by atoms with Crippen molar-refractivity contribution in [2.45, 2.75) is 43.7 Å². The van der Waals surface area contributed by atoms with E-state index in [9.17, 15) is 0 Å². The Morgan fingerprint density at radius 3 is 2.89 bits per heavy atom. The van der Waals surface area contributed by atoms with Crippen LogP contribution in [0.15, 0.2) is 30.7 Å². The first-order chi connectivity index (χ1) is 8.66. The van der Waals surface area contributed by atoms with Gasteiger partial charge in [0.1, 0.15) is 5.65 Å². The molecule has 0 amide bonds. The summed E-state index contributed by atoms with van der Waals surface area (Å²) in [7, 11) is 0. The molecule has 1 saturated carbocycles. The van der Waals surface area contributed by atoms with Crippen LogP contribution in [0.1, 0.15) is 31.2 Å². The fourth-order valence-corrected chi connectivity index (χ4v) is 2.92. The van der Waals surface area contributed by atoms with Crippen LogP contribution in [0.4, 0.5) is 0 Å². The molecule has 4 heteroatoms. The monoisotopic (exact) mass is 244 g/mol. The Bertz CT molecular complexity index is 537. The first-order valence-corrected chi connectivity index (χ1v) is 6.61. The molecule has 4 N–H and O–H groups in total. The van der Waals surface area contributed by atoms with Crippen molar-refractivity contribution in [1.82, 2.24) is 9.38 Å². The zero-order valence-corrected chi connectivity index (χ0v) is 10.5. The number of rotatable bonds is 2. The zero-order valence-electron chi connectivity index (χ0n) is 10.5. The molecule has 0 unspecified atom stereocenters. The summed E-state index contributed by atoms with van der Waals surface area (Å²) in [5, 5.41) is 0. The second-order valence-electron chi connectivity index (χ2n) is 5.57. The maximum absolute atomic E-state index is 6.52. The lowest BCUT2D eigenvalue weighted by molar-refractivity contribution is 0.272. The Morgan fingerprint density at radius 2 is 2.11 bits per heavy atom. The fraction of sp³-hybridized carbons (Fsp3) is 0.500. The van der Waals surface area contributed by atoms with Gasteiger partial charge in [-0.1, -0.05) is 6.07 Å². The van der Waals surface area contributed by atoms with E-state index in [2.05, 4.69) is 17.1 Å². The van der Waals surface area contributed by atoms with Crippen LogP contribution in [0, 0.1) is 0 Å². The highest BCUT2D eigenvalue weighted by Crippen LogP contribution is 2.29. The second-order valence-corrected chi connectivity index (χ2v) is 5.57. The van der Waals surface area contributed by atoms with Crippen LogP contribution in [0.25, 0.3) is 5.65 Å². The van der Waals surface area contributed by atoms with Gasteiger partial charge < -0.3 is 15.9 Å². The highest BCUT2D eigenvalue weighted by molar-refractivity contribution is 5.48. The van der Waals surface area contributed by atoms with E-state index in [4.69, 9.17) is 11.5 Å². The van der Waals surface area contributed by atoms with Crippen LogP contribution < -0.4 is 11.5 Å². The van der Waals surface area contributed by atoms with Crippen LogP contribution in [-0.2, 0) is 6.42 Å². The van der Waals surface area contributed by atoms with Gasteiger partial charge in [-0.05, 0) is 43.7 Å². The molecule has 96 valence electrons. The molecular formula is C14H20N4. The normalized spacial score (nSPS) is 28.7. The predicted molar refractivity (Wildman–Crippen MR) is 72.3 cm³/mol. The summed E-state index contributed by atoms with van der Waals surface area (Å²) in [4.78, 5) is 4.41. The third-order valence-corrected chi connectivity index (χ3v) is 4.07. The molecule has 2 heterocycles. The van der Waals surface area contributed by atoms with E-state index in [0.29, 0.717) is 6.04 Å². The highest BCUT2D eigenvalue weighted by Gasteiger charge is 2.31. The third kappa shape index (κ3) is 2.13. The quantitative estimate of drug-likeness (QED) is 0.840. The molecule has 1 aliphatic rings. The minimum absolute atomic E-state index is 0.107. The van der Waals surface area contributed by atoms with Crippen molar-refractivity contribution in [3.05, 3.63) is 36.3 Å². The van der Waals surface area contributed by atoms with Crippen molar-refractivity contribution in [2.24, 2.45) is 11.5 Å². The van der Waals surface area contributed by atoms with Gasteiger partial charge >= 0.3 is 0 Å². The number of nitrogens with zero attached hydrogens (tertiary/aromatic N) is 2. The summed E-state index contributed by atoms with van der Waals surface area (Å²) in [6.07, 6.45) is 10.8. The van der Waals surface area contributed by atoms with E-state index in [-0.39, 0.29) is 5.54 Å². The summed E-state index contributed by atoms with van der Waals surface area (Å²) in [6.45, 7) is 0. The first kappa shape index (κ1) is 11.7. The van der Waals surface area contributed by atoms with Crippen molar-refractivity contribution < 1.29 is 0 Å². The summed E-state index contributed by atoms with van der Waals surface area (Å²) in [5.41, 5.74) is 14.6. The van der Waals surface area contributed by atoms with Gasteiger partial charge in [-0.2, -0.15) is 0 Å². The molecule has 0 atom stereocenters. The summed E-state index contributed by atoms with van der Waals surface area (Å²) in [6, 6.07) is 4.52. The topological polar surface area (TPSA) is 69.3 Å². The molecule has 0 saturated heterocycles. The van der Waals surface area contributed by atoms with Crippen molar-refractivity contribution in [3.63, 3.8) is 0 Å². The molecule has 3 rings (SSSR count). The van der Waals surface area contributed by atoms with Crippen LogP contribution in [0.3, 0.4) is 0 Å². The standard InChI is InChI=1S/C14H20N4/c15-12-3-5-14(16,6-4-12)10-11-2-1-8-18-9-7-17-13(11)18/h1-2,7-9,12H,3-6,10,15-16H2. The summed E-state index contributed by atoms with van der Waals surface area (Å²) >= 11 is 0. The Hall–Kier alpha value is -1.39. The molecule has 0 aliphatic heterocycles. The van der Waals surface area contributed by atoms with Gasteiger partial charge in [0.2, 0.25) is 0 Å². The molecule has 1 aliphatic carbocycles. The number of hydrogen-bond donors (Lipinski definition) is 2. The van der Waals surface area contributed by atoms with Crippen molar-refractivity contribution in [1.29, 1.82) is 0 Å². The first-order valence-electron chi connectivity index (χ1n) is 6.61. The molecular weight excluding hydrogens is 224 g/mol. The predicted octanol–water partition coefficient (Wildman–Crippen LogP) is 1.48.